The van der Waals surface area contributed by atoms with Gasteiger partial charge in [0.15, 0.2) is 0 Å². The fourth-order valence-corrected chi connectivity index (χ4v) is 5.98. The quantitative estimate of drug-likeness (QED) is 0.200. The molecule has 0 aliphatic rings. The van der Waals surface area contributed by atoms with Crippen LogP contribution in [0.5, 0.6) is 0 Å². The van der Waals surface area contributed by atoms with E-state index in [4.69, 9.17) is 4.42 Å². The average Bonchev–Trinajstić information content (AvgIpc) is 3.54. The smallest absolute Gasteiger partial charge is 0.135 e. The number of hydrogen-bond donors (Lipinski definition) is 0. The zero-order valence-electron chi connectivity index (χ0n) is 24.1. The zero-order chi connectivity index (χ0) is 29.3. The van der Waals surface area contributed by atoms with Crippen molar-refractivity contribution in [3.8, 4) is 33.6 Å². The molecule has 0 amide bonds. The van der Waals surface area contributed by atoms with Crippen molar-refractivity contribution < 1.29 is 4.42 Å². The Morgan fingerprint density at radius 3 is 1.61 bits per heavy atom. The van der Waals surface area contributed by atoms with Crippen molar-refractivity contribution in [2.24, 2.45) is 0 Å². The predicted molar refractivity (Wildman–Crippen MR) is 185 cm³/mol. The van der Waals surface area contributed by atoms with Gasteiger partial charge in [-0.05, 0) is 87.6 Å². The van der Waals surface area contributed by atoms with E-state index in [2.05, 4.69) is 163 Å². The van der Waals surface area contributed by atoms with Crippen LogP contribution in [0.2, 0.25) is 0 Å². The van der Waals surface area contributed by atoms with Crippen LogP contribution in [0.3, 0.4) is 0 Å². The van der Waals surface area contributed by atoms with Crippen LogP contribution in [0.4, 0.5) is 17.1 Å². The Labute approximate surface area is 257 Å². The van der Waals surface area contributed by atoms with Crippen LogP contribution in [0, 0.1) is 0 Å². The second kappa shape index (κ2) is 11.1. The second-order valence-corrected chi connectivity index (χ2v) is 11.1. The highest BCUT2D eigenvalue weighted by Gasteiger charge is 2.15. The number of rotatable bonds is 6. The van der Waals surface area contributed by atoms with Gasteiger partial charge in [-0.25, -0.2) is 0 Å². The summed E-state index contributed by atoms with van der Waals surface area (Å²) in [7, 11) is 0. The van der Waals surface area contributed by atoms with Gasteiger partial charge in [0.2, 0.25) is 0 Å². The first-order valence-electron chi connectivity index (χ1n) is 14.9. The summed E-state index contributed by atoms with van der Waals surface area (Å²) in [5, 5.41) is 3.60. The topological polar surface area (TPSA) is 16.4 Å². The van der Waals surface area contributed by atoms with E-state index in [1.165, 1.54) is 33.0 Å². The molecule has 2 nitrogen and oxygen atoms in total. The minimum atomic E-state index is 0.860. The molecule has 2 heteroatoms. The molecule has 0 radical (unpaired) electrons. The lowest BCUT2D eigenvalue weighted by molar-refractivity contribution is 0.631. The highest BCUT2D eigenvalue weighted by atomic mass is 16.3. The van der Waals surface area contributed by atoms with Gasteiger partial charge < -0.3 is 9.32 Å². The maximum atomic E-state index is 6.24. The number of para-hydroxylation sites is 1. The van der Waals surface area contributed by atoms with E-state index >= 15 is 0 Å². The number of nitrogens with zero attached hydrogens (tertiary/aromatic N) is 1. The monoisotopic (exact) mass is 563 g/mol. The van der Waals surface area contributed by atoms with Crippen molar-refractivity contribution in [1.82, 2.24) is 0 Å². The van der Waals surface area contributed by atoms with E-state index in [0.717, 1.165) is 39.4 Å². The van der Waals surface area contributed by atoms with Gasteiger partial charge in [0, 0.05) is 28.0 Å². The third-order valence-electron chi connectivity index (χ3n) is 8.26. The van der Waals surface area contributed by atoms with Crippen molar-refractivity contribution in [3.05, 3.63) is 176 Å². The number of hydrogen-bond acceptors (Lipinski definition) is 2. The largest absolute Gasteiger partial charge is 0.456 e. The first kappa shape index (κ1) is 25.8. The summed E-state index contributed by atoms with van der Waals surface area (Å²) >= 11 is 0. The third kappa shape index (κ3) is 4.93. The van der Waals surface area contributed by atoms with E-state index in [9.17, 15) is 0 Å². The fraction of sp³-hybridized carbons (Fsp3) is 0. The van der Waals surface area contributed by atoms with Crippen LogP contribution in [0.15, 0.2) is 180 Å². The number of furan rings is 1. The molecular formula is C42H29NO. The van der Waals surface area contributed by atoms with Gasteiger partial charge in [0.1, 0.15) is 11.3 Å². The molecule has 1 aromatic heterocycles. The van der Waals surface area contributed by atoms with E-state index in [-0.39, 0.29) is 0 Å². The Hall–Kier alpha value is -5.86. The molecule has 44 heavy (non-hydrogen) atoms. The van der Waals surface area contributed by atoms with E-state index in [0.29, 0.717) is 0 Å². The molecule has 0 atom stereocenters. The molecular weight excluding hydrogens is 534 g/mol. The van der Waals surface area contributed by atoms with Crippen molar-refractivity contribution in [2.45, 2.75) is 0 Å². The summed E-state index contributed by atoms with van der Waals surface area (Å²) in [6.45, 7) is 0. The molecule has 0 aliphatic heterocycles. The predicted octanol–water partition coefficient (Wildman–Crippen LogP) is 12.1. The molecule has 8 rings (SSSR count). The first-order valence-corrected chi connectivity index (χ1v) is 14.9. The van der Waals surface area contributed by atoms with Crippen molar-refractivity contribution in [3.63, 3.8) is 0 Å². The van der Waals surface area contributed by atoms with Gasteiger partial charge in [-0.2, -0.15) is 0 Å². The van der Waals surface area contributed by atoms with E-state index in [1.807, 2.05) is 18.2 Å². The molecule has 0 N–H and O–H groups in total. The van der Waals surface area contributed by atoms with E-state index in [1.54, 1.807) is 0 Å². The highest BCUT2D eigenvalue weighted by Crippen LogP contribution is 2.39. The molecule has 0 aliphatic carbocycles. The molecule has 7 aromatic carbocycles. The highest BCUT2D eigenvalue weighted by molar-refractivity contribution is 5.88. The van der Waals surface area contributed by atoms with Crippen LogP contribution in [0.25, 0.3) is 55.3 Å². The maximum absolute atomic E-state index is 6.24. The summed E-state index contributed by atoms with van der Waals surface area (Å²) in [4.78, 5) is 2.31. The standard InChI is InChI=1S/C42H29NO/c1-2-9-30(10-3-1)32-19-23-38(24-20-32)43(40-15-8-14-36(28-40)42-29-37-13-6-7-16-41(37)44-42)39-25-21-33(22-26-39)35-18-17-31-11-4-5-12-34(31)27-35/h1-29H. The molecule has 0 saturated carbocycles. The Morgan fingerprint density at radius 1 is 0.318 bits per heavy atom. The van der Waals surface area contributed by atoms with Crippen LogP contribution in [-0.4, -0.2) is 0 Å². The molecule has 0 spiro atoms. The summed E-state index contributed by atoms with van der Waals surface area (Å²) in [5.41, 5.74) is 9.97. The molecule has 8 aromatic rings. The molecule has 0 unspecified atom stereocenters. The normalized spacial score (nSPS) is 11.2. The SMILES string of the molecule is c1ccc(-c2ccc(N(c3ccc(-c4ccc5ccccc5c4)cc3)c3cccc(-c4cc5ccccc5o4)c3)cc2)cc1. The minimum Gasteiger partial charge on any atom is -0.456 e. The van der Waals surface area contributed by atoms with Gasteiger partial charge in [0.25, 0.3) is 0 Å². The van der Waals surface area contributed by atoms with Gasteiger partial charge in [-0.3, -0.25) is 0 Å². The van der Waals surface area contributed by atoms with Crippen LogP contribution >= 0.6 is 0 Å². The number of fused-ring (bicyclic) bond motifs is 2. The molecule has 0 saturated heterocycles. The molecule has 0 bridgehead atoms. The Bertz CT molecular complexity index is 2180. The summed E-state index contributed by atoms with van der Waals surface area (Å²) in [5.74, 6) is 0.860. The van der Waals surface area contributed by atoms with Crippen LogP contribution < -0.4 is 4.90 Å². The Kier molecular flexibility index (Phi) is 6.51. The van der Waals surface area contributed by atoms with Crippen LogP contribution in [0.1, 0.15) is 0 Å². The van der Waals surface area contributed by atoms with Crippen molar-refractivity contribution in [2.75, 3.05) is 4.90 Å². The fourth-order valence-electron chi connectivity index (χ4n) is 5.98. The van der Waals surface area contributed by atoms with Gasteiger partial charge in [-0.1, -0.05) is 121 Å². The lowest BCUT2D eigenvalue weighted by Crippen LogP contribution is -2.10. The Morgan fingerprint density at radius 2 is 0.886 bits per heavy atom. The van der Waals surface area contributed by atoms with Crippen molar-refractivity contribution in [1.29, 1.82) is 0 Å². The van der Waals surface area contributed by atoms with Gasteiger partial charge in [-0.15, -0.1) is 0 Å². The number of anilines is 3. The summed E-state index contributed by atoms with van der Waals surface area (Å²) < 4.78 is 6.24. The lowest BCUT2D eigenvalue weighted by Gasteiger charge is -2.26. The van der Waals surface area contributed by atoms with Crippen molar-refractivity contribution >= 4 is 38.8 Å². The van der Waals surface area contributed by atoms with Crippen LogP contribution in [-0.2, 0) is 0 Å². The Balaban J connectivity index is 1.20. The van der Waals surface area contributed by atoms with Gasteiger partial charge >= 0.3 is 0 Å². The minimum absolute atomic E-state index is 0.860. The maximum Gasteiger partial charge on any atom is 0.135 e. The zero-order valence-corrected chi connectivity index (χ0v) is 24.1. The molecule has 0 fully saturated rings. The average molecular weight is 564 g/mol. The number of benzene rings is 7. The summed E-state index contributed by atoms with van der Waals surface area (Å²) in [6.07, 6.45) is 0. The second-order valence-electron chi connectivity index (χ2n) is 11.1. The first-order chi connectivity index (χ1) is 21.8. The summed E-state index contributed by atoms with van der Waals surface area (Å²) in [6, 6.07) is 62.2. The molecule has 1 heterocycles. The molecule has 208 valence electrons. The van der Waals surface area contributed by atoms with Gasteiger partial charge in [0.05, 0.1) is 0 Å². The third-order valence-corrected chi connectivity index (χ3v) is 8.26. The lowest BCUT2D eigenvalue weighted by atomic mass is 10.0. The van der Waals surface area contributed by atoms with E-state index < -0.39 is 0 Å².